The molecule has 1 aliphatic carbocycles. The minimum absolute atomic E-state index is 0.000985. The van der Waals surface area contributed by atoms with Crippen LogP contribution >= 0.6 is 0 Å². The van der Waals surface area contributed by atoms with Gasteiger partial charge in [0.2, 0.25) is 0 Å². The van der Waals surface area contributed by atoms with E-state index in [1.165, 1.54) is 6.92 Å². The molecule has 1 aromatic heterocycles. The third-order valence-corrected chi connectivity index (χ3v) is 5.75. The second kappa shape index (κ2) is 9.76. The zero-order valence-electron chi connectivity index (χ0n) is 19.7. The van der Waals surface area contributed by atoms with Crippen molar-refractivity contribution in [3.05, 3.63) is 28.5 Å². The Bertz CT molecular complexity index is 1030. The Hall–Kier alpha value is -2.83. The van der Waals surface area contributed by atoms with Crippen LogP contribution in [0.25, 0.3) is 11.0 Å². The van der Waals surface area contributed by atoms with Gasteiger partial charge in [-0.3, -0.25) is 14.4 Å². The smallest absolute Gasteiger partial charge is 0.311 e. The van der Waals surface area contributed by atoms with Crippen LogP contribution < -0.4 is 4.74 Å². The summed E-state index contributed by atoms with van der Waals surface area (Å²) in [4.78, 5) is 36.2. The topological polar surface area (TPSA) is 92.0 Å². The predicted octanol–water partition coefficient (Wildman–Crippen LogP) is 5.13. The van der Waals surface area contributed by atoms with Crippen molar-refractivity contribution < 1.29 is 33.0 Å². The highest BCUT2D eigenvalue weighted by Gasteiger charge is 2.35. The van der Waals surface area contributed by atoms with E-state index in [0.29, 0.717) is 30.6 Å². The fourth-order valence-electron chi connectivity index (χ4n) is 4.46. The Balaban J connectivity index is 2.14. The van der Waals surface area contributed by atoms with Crippen LogP contribution in [0.3, 0.4) is 0 Å². The van der Waals surface area contributed by atoms with E-state index in [1.54, 1.807) is 13.2 Å². The Morgan fingerprint density at radius 1 is 1.22 bits per heavy atom. The first kappa shape index (κ1) is 23.8. The molecule has 0 bridgehead atoms. The van der Waals surface area contributed by atoms with Crippen molar-refractivity contribution in [2.24, 2.45) is 5.92 Å². The summed E-state index contributed by atoms with van der Waals surface area (Å²) in [6, 6.07) is 0. The first-order valence-electron chi connectivity index (χ1n) is 11.2. The molecule has 32 heavy (non-hydrogen) atoms. The third kappa shape index (κ3) is 4.97. The molecule has 174 valence electrons. The normalized spacial score (nSPS) is 17.8. The highest BCUT2D eigenvalue weighted by molar-refractivity contribution is 5.94. The van der Waals surface area contributed by atoms with Crippen molar-refractivity contribution in [2.75, 3.05) is 0 Å². The molecule has 2 aromatic rings. The molecule has 0 N–H and O–H groups in total. The van der Waals surface area contributed by atoms with E-state index in [4.69, 9.17) is 18.6 Å². The van der Waals surface area contributed by atoms with E-state index in [9.17, 15) is 14.4 Å². The largest absolute Gasteiger partial charge is 0.462 e. The van der Waals surface area contributed by atoms with Crippen LogP contribution in [0.4, 0.5) is 0 Å². The third-order valence-electron chi connectivity index (χ3n) is 5.75. The summed E-state index contributed by atoms with van der Waals surface area (Å²) in [7, 11) is 0. The average molecular weight is 445 g/mol. The van der Waals surface area contributed by atoms with E-state index < -0.39 is 0 Å². The maximum Gasteiger partial charge on any atom is 0.311 e. The van der Waals surface area contributed by atoms with E-state index in [-0.39, 0.29) is 48.9 Å². The molecule has 0 saturated heterocycles. The predicted molar refractivity (Wildman–Crippen MR) is 118 cm³/mol. The first-order valence-corrected chi connectivity index (χ1v) is 11.2. The lowest BCUT2D eigenvalue weighted by atomic mass is 9.78. The molecule has 1 aromatic carbocycles. The number of furan rings is 1. The van der Waals surface area contributed by atoms with E-state index >= 15 is 0 Å². The van der Waals surface area contributed by atoms with Gasteiger partial charge in [-0.2, -0.15) is 0 Å². The zero-order valence-corrected chi connectivity index (χ0v) is 19.7. The second-order valence-electron chi connectivity index (χ2n) is 8.98. The maximum atomic E-state index is 12.3. The number of esters is 3. The summed E-state index contributed by atoms with van der Waals surface area (Å²) in [6.45, 7) is 11.1. The highest BCUT2D eigenvalue weighted by Crippen LogP contribution is 2.47. The fourth-order valence-corrected chi connectivity index (χ4v) is 4.46. The molecule has 2 unspecified atom stereocenters. The van der Waals surface area contributed by atoms with Crippen molar-refractivity contribution in [1.29, 1.82) is 0 Å². The van der Waals surface area contributed by atoms with E-state index in [1.807, 2.05) is 27.7 Å². The summed E-state index contributed by atoms with van der Waals surface area (Å²) in [5.41, 5.74) is 3.92. The SMILES string of the molecule is CCC(=O)Oc1c2c(c(COC(C)=O)c3c(C)coc13)C(C)CC(OC(=O)CC(C)C)C2. The number of hydrogen-bond donors (Lipinski definition) is 0. The molecule has 0 aliphatic heterocycles. The van der Waals surface area contributed by atoms with Gasteiger partial charge in [0.15, 0.2) is 11.3 Å². The number of rotatable bonds is 7. The fraction of sp³-hybridized carbons (Fsp3) is 0.560. The van der Waals surface area contributed by atoms with Crippen molar-refractivity contribution in [3.63, 3.8) is 0 Å². The van der Waals surface area contributed by atoms with Crippen LogP contribution in [0, 0.1) is 12.8 Å². The van der Waals surface area contributed by atoms with Crippen LogP contribution in [-0.4, -0.2) is 24.0 Å². The zero-order chi connectivity index (χ0) is 23.6. The molecular weight excluding hydrogens is 412 g/mol. The number of fused-ring (bicyclic) bond motifs is 2. The summed E-state index contributed by atoms with van der Waals surface area (Å²) >= 11 is 0. The first-order chi connectivity index (χ1) is 15.1. The number of carbonyl (C=O) groups excluding carboxylic acids is 3. The van der Waals surface area contributed by atoms with Crippen molar-refractivity contribution in [3.8, 4) is 5.75 Å². The van der Waals surface area contributed by atoms with Crippen LogP contribution in [0.2, 0.25) is 0 Å². The summed E-state index contributed by atoms with van der Waals surface area (Å²) in [6.07, 6.45) is 2.88. The molecule has 7 heteroatoms. The standard InChI is InChI=1S/C25H32O7/c1-7-20(27)32-24-18-10-17(31-21(28)8-13(2)3)9-14(4)22(18)19(12-29-16(6)26)23-15(5)11-30-25(23)24/h11,13-14,17H,7-10,12H2,1-6H3. The van der Waals surface area contributed by atoms with Crippen LogP contribution in [0.15, 0.2) is 10.7 Å². The van der Waals surface area contributed by atoms with Crippen LogP contribution in [0.5, 0.6) is 5.75 Å². The molecule has 0 fully saturated rings. The van der Waals surface area contributed by atoms with E-state index in [0.717, 1.165) is 27.6 Å². The van der Waals surface area contributed by atoms with Crippen molar-refractivity contribution in [1.82, 2.24) is 0 Å². The van der Waals surface area contributed by atoms with Crippen LogP contribution in [0.1, 0.15) is 82.1 Å². The summed E-state index contributed by atoms with van der Waals surface area (Å²) < 4.78 is 22.7. The van der Waals surface area contributed by atoms with Gasteiger partial charge in [0.1, 0.15) is 12.7 Å². The lowest BCUT2D eigenvalue weighted by Gasteiger charge is -2.32. The maximum absolute atomic E-state index is 12.3. The van der Waals surface area contributed by atoms with Gasteiger partial charge in [-0.05, 0) is 36.3 Å². The number of aryl methyl sites for hydroxylation is 1. The minimum atomic E-state index is -0.376. The number of ether oxygens (including phenoxy) is 3. The second-order valence-corrected chi connectivity index (χ2v) is 8.98. The molecule has 0 radical (unpaired) electrons. The van der Waals surface area contributed by atoms with Gasteiger partial charge in [-0.1, -0.05) is 27.7 Å². The van der Waals surface area contributed by atoms with Gasteiger partial charge in [0.25, 0.3) is 0 Å². The highest BCUT2D eigenvalue weighted by atomic mass is 16.6. The molecule has 7 nitrogen and oxygen atoms in total. The van der Waals surface area contributed by atoms with Gasteiger partial charge >= 0.3 is 17.9 Å². The summed E-state index contributed by atoms with van der Waals surface area (Å²) in [5.74, 6) is -0.405. The van der Waals surface area contributed by atoms with Crippen molar-refractivity contribution >= 4 is 28.9 Å². The average Bonchev–Trinajstić information content (AvgIpc) is 3.08. The lowest BCUT2D eigenvalue weighted by Crippen LogP contribution is -2.29. The quantitative estimate of drug-likeness (QED) is 0.432. The Morgan fingerprint density at radius 2 is 1.94 bits per heavy atom. The molecule has 0 spiro atoms. The Labute approximate surface area is 188 Å². The van der Waals surface area contributed by atoms with E-state index in [2.05, 4.69) is 0 Å². The molecule has 3 rings (SSSR count). The number of carbonyl (C=O) groups is 3. The number of hydrogen-bond acceptors (Lipinski definition) is 7. The van der Waals surface area contributed by atoms with Crippen molar-refractivity contribution in [2.45, 2.75) is 85.9 Å². The number of benzene rings is 1. The van der Waals surface area contributed by atoms with Gasteiger partial charge in [-0.15, -0.1) is 0 Å². The van der Waals surface area contributed by atoms with Crippen LogP contribution in [-0.2, 0) is 36.9 Å². The Morgan fingerprint density at radius 3 is 2.56 bits per heavy atom. The van der Waals surface area contributed by atoms with Gasteiger partial charge in [0, 0.05) is 42.7 Å². The molecule has 1 heterocycles. The minimum Gasteiger partial charge on any atom is -0.462 e. The van der Waals surface area contributed by atoms with Gasteiger partial charge in [-0.25, -0.2) is 0 Å². The molecule has 1 aliphatic rings. The summed E-state index contributed by atoms with van der Waals surface area (Å²) in [5, 5.41) is 0.797. The Kier molecular flexibility index (Phi) is 7.26. The molecule has 0 amide bonds. The lowest BCUT2D eigenvalue weighted by molar-refractivity contribution is -0.151. The molecule has 2 atom stereocenters. The molecule has 0 saturated carbocycles. The monoisotopic (exact) mass is 444 g/mol. The van der Waals surface area contributed by atoms with Gasteiger partial charge < -0.3 is 18.6 Å². The van der Waals surface area contributed by atoms with Gasteiger partial charge in [0.05, 0.1) is 6.26 Å². The molecular formula is C25H32O7.